The second-order valence-electron chi connectivity index (χ2n) is 6.48. The molecule has 2 amide bonds. The smallest absolute Gasteiger partial charge is 0.406 e. The molecule has 1 aliphatic rings. The van der Waals surface area contributed by atoms with Gasteiger partial charge in [-0.3, -0.25) is 19.5 Å². The molecule has 2 aromatic rings. The molecule has 3 N–H and O–H groups in total. The Morgan fingerprint density at radius 2 is 1.60 bits per heavy atom. The lowest BCUT2D eigenvalue weighted by Gasteiger charge is -2.13. The average molecular weight is 420 g/mol. The van der Waals surface area contributed by atoms with Crippen LogP contribution in [0.1, 0.15) is 33.6 Å². The van der Waals surface area contributed by atoms with Gasteiger partial charge in [0.15, 0.2) is 5.96 Å². The number of guanidine groups is 1. The van der Waals surface area contributed by atoms with Crippen molar-refractivity contribution in [2.24, 2.45) is 10.7 Å². The minimum absolute atomic E-state index is 0.0974. The number of amides is 2. The first-order valence-electron chi connectivity index (χ1n) is 9.12. The number of anilines is 1. The maximum absolute atomic E-state index is 12.3. The van der Waals surface area contributed by atoms with Crippen LogP contribution in [0.4, 0.5) is 18.9 Å². The number of hydrogen-bond donors (Lipinski definition) is 2. The number of imide groups is 1. The van der Waals surface area contributed by atoms with Crippen LogP contribution in [0.2, 0.25) is 0 Å². The quantitative estimate of drug-likeness (QED) is 0.310. The summed E-state index contributed by atoms with van der Waals surface area (Å²) >= 11 is 0. The van der Waals surface area contributed by atoms with E-state index < -0.39 is 6.36 Å². The van der Waals surface area contributed by atoms with Gasteiger partial charge in [0.25, 0.3) is 11.8 Å². The summed E-state index contributed by atoms with van der Waals surface area (Å²) in [6, 6.07) is 11.8. The van der Waals surface area contributed by atoms with E-state index in [1.807, 2.05) is 0 Å². The van der Waals surface area contributed by atoms with E-state index in [2.05, 4.69) is 15.0 Å². The highest BCUT2D eigenvalue weighted by Gasteiger charge is 2.34. The van der Waals surface area contributed by atoms with Crippen molar-refractivity contribution in [2.75, 3.05) is 18.4 Å². The van der Waals surface area contributed by atoms with Gasteiger partial charge in [0.2, 0.25) is 0 Å². The standard InChI is InChI=1S/C20H19F3N4O3/c21-20(22,23)30-14-9-7-13(8-10-14)26-19(24)25-11-3-4-12-27-17(28)15-5-1-2-6-16(15)18(27)29/h1-2,5-10H,3-4,11-12H2,(H3,24,25,26). The molecule has 10 heteroatoms. The van der Waals surface area contributed by atoms with E-state index in [-0.39, 0.29) is 30.1 Å². The van der Waals surface area contributed by atoms with Crippen molar-refractivity contribution in [1.82, 2.24) is 4.90 Å². The number of benzene rings is 2. The predicted molar refractivity (Wildman–Crippen MR) is 104 cm³/mol. The van der Waals surface area contributed by atoms with E-state index in [4.69, 9.17) is 5.73 Å². The third-order valence-electron chi connectivity index (χ3n) is 4.31. The first-order chi connectivity index (χ1) is 14.2. The van der Waals surface area contributed by atoms with E-state index in [1.165, 1.54) is 17.0 Å². The van der Waals surface area contributed by atoms with Crippen LogP contribution in [0.25, 0.3) is 0 Å². The first-order valence-corrected chi connectivity index (χ1v) is 9.12. The van der Waals surface area contributed by atoms with E-state index in [0.717, 1.165) is 12.1 Å². The van der Waals surface area contributed by atoms with Gasteiger partial charge in [0.1, 0.15) is 5.75 Å². The maximum atomic E-state index is 12.3. The van der Waals surface area contributed by atoms with Crippen LogP contribution in [0.5, 0.6) is 5.75 Å². The number of carbonyl (C=O) groups excluding carboxylic acids is 2. The average Bonchev–Trinajstić information content (AvgIpc) is 2.93. The maximum Gasteiger partial charge on any atom is 0.573 e. The molecule has 0 aliphatic carbocycles. The van der Waals surface area contributed by atoms with Crippen molar-refractivity contribution in [2.45, 2.75) is 19.2 Å². The molecule has 7 nitrogen and oxygen atoms in total. The largest absolute Gasteiger partial charge is 0.573 e. The lowest BCUT2D eigenvalue weighted by molar-refractivity contribution is -0.274. The zero-order chi connectivity index (χ0) is 21.7. The van der Waals surface area contributed by atoms with Crippen LogP contribution in [0.3, 0.4) is 0 Å². The molecule has 0 unspecified atom stereocenters. The number of carbonyl (C=O) groups is 2. The van der Waals surface area contributed by atoms with E-state index in [9.17, 15) is 22.8 Å². The zero-order valence-corrected chi connectivity index (χ0v) is 15.8. The molecule has 0 spiro atoms. The predicted octanol–water partition coefficient (Wildman–Crippen LogP) is 3.39. The Morgan fingerprint density at radius 3 is 2.17 bits per heavy atom. The normalized spacial score (nSPS) is 14.1. The molecule has 0 fully saturated rings. The summed E-state index contributed by atoms with van der Waals surface area (Å²) in [6.07, 6.45) is -3.59. The molecule has 0 bridgehead atoms. The highest BCUT2D eigenvalue weighted by Crippen LogP contribution is 2.24. The Kier molecular flexibility index (Phi) is 6.24. The van der Waals surface area contributed by atoms with Gasteiger partial charge in [0, 0.05) is 18.8 Å². The summed E-state index contributed by atoms with van der Waals surface area (Å²) in [5.41, 5.74) is 7.05. The van der Waals surface area contributed by atoms with Crippen molar-refractivity contribution < 1.29 is 27.5 Å². The Bertz CT molecular complexity index is 924. The molecular formula is C20H19F3N4O3. The van der Waals surface area contributed by atoms with E-state index in [1.54, 1.807) is 24.3 Å². The van der Waals surface area contributed by atoms with Crippen LogP contribution in [0, 0.1) is 0 Å². The Labute approximate surface area is 170 Å². The third-order valence-corrected chi connectivity index (χ3v) is 4.31. The summed E-state index contributed by atoms with van der Waals surface area (Å²) in [5.74, 6) is -0.826. The number of hydrogen-bond acceptors (Lipinski definition) is 4. The fourth-order valence-electron chi connectivity index (χ4n) is 2.95. The summed E-state index contributed by atoms with van der Waals surface area (Å²) in [6.45, 7) is 0.646. The van der Waals surface area contributed by atoms with Crippen molar-refractivity contribution in [1.29, 1.82) is 0 Å². The van der Waals surface area contributed by atoms with Crippen LogP contribution in [-0.4, -0.2) is 42.1 Å². The topological polar surface area (TPSA) is 97.0 Å². The number of nitrogens with two attached hydrogens (primary N) is 1. The molecule has 0 saturated heterocycles. The molecule has 1 heterocycles. The van der Waals surface area contributed by atoms with Gasteiger partial charge in [-0.25, -0.2) is 0 Å². The van der Waals surface area contributed by atoms with E-state index >= 15 is 0 Å². The first kappa shape index (κ1) is 21.2. The monoisotopic (exact) mass is 420 g/mol. The van der Waals surface area contributed by atoms with Crippen LogP contribution < -0.4 is 15.8 Å². The third kappa shape index (κ3) is 5.28. The molecule has 0 atom stereocenters. The summed E-state index contributed by atoms with van der Waals surface area (Å²) in [5, 5.41) is 2.76. The number of halogens is 3. The lowest BCUT2D eigenvalue weighted by atomic mass is 10.1. The SMILES string of the molecule is NC(=NCCCCN1C(=O)c2ccccc2C1=O)Nc1ccc(OC(F)(F)F)cc1. The van der Waals surface area contributed by atoms with Gasteiger partial charge < -0.3 is 15.8 Å². The Balaban J connectivity index is 1.42. The molecule has 2 aromatic carbocycles. The van der Waals surface area contributed by atoms with Gasteiger partial charge in [-0.1, -0.05) is 12.1 Å². The number of fused-ring (bicyclic) bond motifs is 1. The number of nitrogens with one attached hydrogen (secondary N) is 1. The minimum Gasteiger partial charge on any atom is -0.406 e. The summed E-state index contributed by atoms with van der Waals surface area (Å²) in [4.78, 5) is 29.9. The molecule has 0 radical (unpaired) electrons. The van der Waals surface area contributed by atoms with Gasteiger partial charge >= 0.3 is 6.36 Å². The van der Waals surface area contributed by atoms with Crippen molar-refractivity contribution in [3.8, 4) is 5.75 Å². The lowest BCUT2D eigenvalue weighted by Crippen LogP contribution is -2.30. The van der Waals surface area contributed by atoms with Gasteiger partial charge in [-0.15, -0.1) is 13.2 Å². The second kappa shape index (κ2) is 8.85. The highest BCUT2D eigenvalue weighted by molar-refractivity contribution is 6.21. The number of nitrogens with zero attached hydrogens (tertiary/aromatic N) is 2. The number of ether oxygens (including phenoxy) is 1. The van der Waals surface area contributed by atoms with Crippen LogP contribution >= 0.6 is 0 Å². The molecular weight excluding hydrogens is 401 g/mol. The van der Waals surface area contributed by atoms with Gasteiger partial charge in [-0.05, 0) is 49.2 Å². The summed E-state index contributed by atoms with van der Waals surface area (Å²) < 4.78 is 40.2. The van der Waals surface area contributed by atoms with Crippen molar-refractivity contribution >= 4 is 23.5 Å². The molecule has 3 rings (SSSR count). The Morgan fingerprint density at radius 1 is 1.00 bits per heavy atom. The molecule has 1 aliphatic heterocycles. The van der Waals surface area contributed by atoms with Crippen LogP contribution in [-0.2, 0) is 0 Å². The second-order valence-corrected chi connectivity index (χ2v) is 6.48. The number of unbranched alkanes of at least 4 members (excludes halogenated alkanes) is 1. The fourth-order valence-corrected chi connectivity index (χ4v) is 2.95. The van der Waals surface area contributed by atoms with E-state index in [0.29, 0.717) is 36.2 Å². The molecule has 0 aromatic heterocycles. The Hall–Kier alpha value is -3.56. The fraction of sp³-hybridized carbons (Fsp3) is 0.250. The molecule has 158 valence electrons. The zero-order valence-electron chi connectivity index (χ0n) is 15.8. The number of rotatable bonds is 7. The van der Waals surface area contributed by atoms with Crippen molar-refractivity contribution in [3.63, 3.8) is 0 Å². The number of aliphatic imine (C=N–C) groups is 1. The number of alkyl halides is 3. The molecule has 30 heavy (non-hydrogen) atoms. The molecule has 0 saturated carbocycles. The minimum atomic E-state index is -4.75. The van der Waals surface area contributed by atoms with Gasteiger partial charge in [-0.2, -0.15) is 0 Å². The highest BCUT2D eigenvalue weighted by atomic mass is 19.4. The van der Waals surface area contributed by atoms with Crippen molar-refractivity contribution in [3.05, 3.63) is 59.7 Å². The van der Waals surface area contributed by atoms with Crippen LogP contribution in [0.15, 0.2) is 53.5 Å². The van der Waals surface area contributed by atoms with Gasteiger partial charge in [0.05, 0.1) is 11.1 Å². The summed E-state index contributed by atoms with van der Waals surface area (Å²) in [7, 11) is 0.